The molecular formula is C12H13N2O7+. The van der Waals surface area contributed by atoms with Gasteiger partial charge in [-0.15, -0.1) is 0 Å². The number of esters is 1. The Bertz CT molecular complexity index is 554. The number of ether oxygens (including phenoxy) is 3. The van der Waals surface area contributed by atoms with E-state index in [-0.39, 0.29) is 13.2 Å². The van der Waals surface area contributed by atoms with E-state index in [1.165, 1.54) is 0 Å². The molecule has 0 spiro atoms. The van der Waals surface area contributed by atoms with Crippen LogP contribution in [0.5, 0.6) is 0 Å². The van der Waals surface area contributed by atoms with Gasteiger partial charge in [0.1, 0.15) is 6.10 Å². The second-order valence-electron chi connectivity index (χ2n) is 4.42. The summed E-state index contributed by atoms with van der Waals surface area (Å²) in [5, 5.41) is 18.4. The van der Waals surface area contributed by atoms with Gasteiger partial charge >= 0.3 is 23.4 Å². The second-order valence-corrected chi connectivity index (χ2v) is 4.42. The molecule has 2 N–H and O–H groups in total. The standard InChI is InChI=1S/C12H12N2O7/c1-13-11-7(15)5-19-12(11,14-2)8(6-20-11)21-10(18)4-3-9(16)17/h2-4,7-8,15H,1,5-6H2/p+1/b4-3-/t7-,8-,11-,12-/m1/s1. The molecule has 9 nitrogen and oxygen atoms in total. The van der Waals surface area contributed by atoms with Crippen LogP contribution in [0.4, 0.5) is 0 Å². The molecule has 0 aromatic rings. The van der Waals surface area contributed by atoms with Crippen LogP contribution in [0.3, 0.4) is 0 Å². The maximum Gasteiger partial charge on any atom is 0.475 e. The summed E-state index contributed by atoms with van der Waals surface area (Å²) in [6.07, 6.45) is -0.941. The topological polar surface area (TPSA) is 119 Å². The molecule has 112 valence electrons. The minimum Gasteiger partial charge on any atom is -0.478 e. The highest BCUT2D eigenvalue weighted by molar-refractivity contribution is 5.90. The summed E-state index contributed by atoms with van der Waals surface area (Å²) in [5.74, 6) is -2.25. The number of carboxylic acid groups (broad SMARTS) is 1. The quantitative estimate of drug-likeness (QED) is 0.388. The maximum atomic E-state index is 11.5. The molecule has 2 aliphatic rings. The zero-order valence-electron chi connectivity index (χ0n) is 10.8. The number of rotatable bonds is 4. The molecule has 0 saturated carbocycles. The van der Waals surface area contributed by atoms with Gasteiger partial charge in [0, 0.05) is 12.2 Å². The Morgan fingerprint density at radius 2 is 2.14 bits per heavy atom. The van der Waals surface area contributed by atoms with E-state index >= 15 is 0 Å². The van der Waals surface area contributed by atoms with Crippen molar-refractivity contribution in [2.24, 2.45) is 4.99 Å². The van der Waals surface area contributed by atoms with Crippen molar-refractivity contribution >= 4 is 18.7 Å². The Balaban J connectivity index is 2.24. The number of carbonyl (C=O) groups is 2. The third kappa shape index (κ3) is 2.09. The summed E-state index contributed by atoms with van der Waals surface area (Å²) in [6, 6.07) is 0. The molecule has 0 aromatic carbocycles. The predicted molar refractivity (Wildman–Crippen MR) is 67.9 cm³/mol. The van der Waals surface area contributed by atoms with E-state index in [1.54, 1.807) is 0 Å². The lowest BCUT2D eigenvalue weighted by Crippen LogP contribution is -2.54. The highest BCUT2D eigenvalue weighted by Gasteiger charge is 2.81. The molecule has 2 rings (SSSR count). The molecular weight excluding hydrogens is 284 g/mol. The number of hydrogen-bond donors (Lipinski definition) is 2. The first-order valence-corrected chi connectivity index (χ1v) is 5.89. The van der Waals surface area contributed by atoms with Crippen LogP contribution in [-0.2, 0) is 23.8 Å². The fourth-order valence-corrected chi connectivity index (χ4v) is 2.41. The lowest BCUT2D eigenvalue weighted by molar-refractivity contribution is -0.154. The van der Waals surface area contributed by atoms with Crippen molar-refractivity contribution in [3.63, 3.8) is 0 Å². The van der Waals surface area contributed by atoms with Crippen molar-refractivity contribution < 1.29 is 34.0 Å². The van der Waals surface area contributed by atoms with E-state index in [9.17, 15) is 14.7 Å². The van der Waals surface area contributed by atoms with E-state index in [0.717, 1.165) is 6.08 Å². The fourth-order valence-electron chi connectivity index (χ4n) is 2.41. The molecule has 0 amide bonds. The number of aliphatic carboxylic acids is 1. The van der Waals surface area contributed by atoms with E-state index < -0.39 is 35.6 Å². The number of aliphatic imine (C=N–C) groups is 1. The summed E-state index contributed by atoms with van der Waals surface area (Å²) in [7, 11) is 0. The SMILES string of the molecule is C#[N+][C@]12OC[C@@H](O)[C@@]1(N=C)OC[C@H]2OC(=O)/C=C\C(=O)O. The molecule has 0 unspecified atom stereocenters. The van der Waals surface area contributed by atoms with Crippen LogP contribution in [0.25, 0.3) is 4.85 Å². The van der Waals surface area contributed by atoms with Crippen LogP contribution in [0.15, 0.2) is 17.1 Å². The van der Waals surface area contributed by atoms with E-state index in [2.05, 4.69) is 16.6 Å². The van der Waals surface area contributed by atoms with Crippen LogP contribution in [0.2, 0.25) is 0 Å². The number of carboxylic acids is 1. The maximum absolute atomic E-state index is 11.5. The van der Waals surface area contributed by atoms with Crippen LogP contribution < -0.4 is 0 Å². The molecule has 0 aliphatic carbocycles. The van der Waals surface area contributed by atoms with E-state index in [4.69, 9.17) is 25.9 Å². The minimum absolute atomic E-state index is 0.182. The number of nitrogens with zero attached hydrogens (tertiary/aromatic N) is 2. The molecule has 0 aromatic heterocycles. The fraction of sp³-hybridized carbons (Fsp3) is 0.500. The molecule has 0 radical (unpaired) electrons. The van der Waals surface area contributed by atoms with E-state index in [0.29, 0.717) is 6.08 Å². The number of carbonyl (C=O) groups excluding carboxylic acids is 1. The highest BCUT2D eigenvalue weighted by atomic mass is 16.7. The van der Waals surface area contributed by atoms with Crippen LogP contribution >= 0.6 is 0 Å². The number of fused-ring (bicyclic) bond motifs is 1. The first kappa shape index (κ1) is 15.1. The predicted octanol–water partition coefficient (Wildman–Crippen LogP) is -0.984. The summed E-state index contributed by atoms with van der Waals surface area (Å²) < 4.78 is 15.7. The summed E-state index contributed by atoms with van der Waals surface area (Å²) >= 11 is 0. The Hall–Kier alpha value is -2.28. The van der Waals surface area contributed by atoms with Gasteiger partial charge < -0.3 is 19.7 Å². The van der Waals surface area contributed by atoms with Crippen molar-refractivity contribution in [1.82, 2.24) is 0 Å². The van der Waals surface area contributed by atoms with Crippen molar-refractivity contribution in [3.8, 4) is 6.57 Å². The van der Waals surface area contributed by atoms with Crippen LogP contribution in [0.1, 0.15) is 0 Å². The van der Waals surface area contributed by atoms with Gasteiger partial charge in [-0.05, 0) is 11.6 Å². The molecule has 21 heavy (non-hydrogen) atoms. The zero-order valence-corrected chi connectivity index (χ0v) is 10.8. The van der Waals surface area contributed by atoms with Crippen molar-refractivity contribution in [1.29, 1.82) is 0 Å². The molecule has 2 fully saturated rings. The van der Waals surface area contributed by atoms with Crippen LogP contribution in [0, 0.1) is 6.57 Å². The monoisotopic (exact) mass is 297 g/mol. The van der Waals surface area contributed by atoms with Crippen LogP contribution in [-0.4, -0.2) is 65.7 Å². The lowest BCUT2D eigenvalue weighted by Gasteiger charge is -2.24. The average molecular weight is 297 g/mol. The van der Waals surface area contributed by atoms with Gasteiger partial charge in [-0.3, -0.25) is 9.73 Å². The van der Waals surface area contributed by atoms with E-state index in [1.807, 2.05) is 0 Å². The van der Waals surface area contributed by atoms with Gasteiger partial charge in [-0.25, -0.2) is 9.59 Å². The Kier molecular flexibility index (Phi) is 3.78. The Morgan fingerprint density at radius 1 is 1.43 bits per heavy atom. The largest absolute Gasteiger partial charge is 0.478 e. The molecule has 2 aliphatic heterocycles. The Labute approximate surface area is 119 Å². The van der Waals surface area contributed by atoms with Gasteiger partial charge in [0.25, 0.3) is 6.57 Å². The average Bonchev–Trinajstić information content (AvgIpc) is 2.92. The first-order chi connectivity index (χ1) is 9.91. The number of aliphatic hydroxyl groups excluding tert-OH is 1. The highest BCUT2D eigenvalue weighted by Crippen LogP contribution is 2.49. The van der Waals surface area contributed by atoms with Gasteiger partial charge in [0.2, 0.25) is 6.10 Å². The third-order valence-corrected chi connectivity index (χ3v) is 3.36. The molecule has 2 heterocycles. The van der Waals surface area contributed by atoms with Gasteiger partial charge in [-0.2, -0.15) is 0 Å². The summed E-state index contributed by atoms with van der Waals surface area (Å²) in [4.78, 5) is 29.2. The molecule has 2 saturated heterocycles. The van der Waals surface area contributed by atoms with Crippen molar-refractivity contribution in [2.75, 3.05) is 13.2 Å². The second kappa shape index (κ2) is 5.25. The van der Waals surface area contributed by atoms with Gasteiger partial charge in [0.15, 0.2) is 0 Å². The van der Waals surface area contributed by atoms with Crippen molar-refractivity contribution in [3.05, 3.63) is 17.0 Å². The minimum atomic E-state index is -1.72. The number of aliphatic hydroxyl groups is 1. The van der Waals surface area contributed by atoms with Gasteiger partial charge in [-0.1, -0.05) is 0 Å². The molecule has 4 atom stereocenters. The first-order valence-electron chi connectivity index (χ1n) is 5.89. The molecule has 0 bridgehead atoms. The number of hydrogen-bond acceptors (Lipinski definition) is 7. The summed E-state index contributed by atoms with van der Waals surface area (Å²) in [5.41, 5.74) is -3.38. The smallest absolute Gasteiger partial charge is 0.475 e. The lowest BCUT2D eigenvalue weighted by atomic mass is 9.96. The Morgan fingerprint density at radius 3 is 2.71 bits per heavy atom. The van der Waals surface area contributed by atoms with Gasteiger partial charge in [0.05, 0.1) is 13.2 Å². The summed E-state index contributed by atoms with van der Waals surface area (Å²) in [6.45, 7) is 8.30. The third-order valence-electron chi connectivity index (χ3n) is 3.36. The molecule has 9 heteroatoms. The normalized spacial score (nSPS) is 37.9. The zero-order chi connectivity index (χ0) is 15.7. The van der Waals surface area contributed by atoms with Crippen molar-refractivity contribution in [2.45, 2.75) is 23.7 Å².